The van der Waals surface area contributed by atoms with Crippen molar-refractivity contribution in [2.45, 2.75) is 45.4 Å². The Morgan fingerprint density at radius 3 is 2.85 bits per heavy atom. The quantitative estimate of drug-likeness (QED) is 0.796. The van der Waals surface area contributed by atoms with E-state index in [1.807, 2.05) is 6.08 Å². The topological polar surface area (TPSA) is 57.2 Å². The van der Waals surface area contributed by atoms with E-state index in [1.165, 1.54) is 24.1 Å². The third kappa shape index (κ3) is 1.82. The van der Waals surface area contributed by atoms with E-state index in [-0.39, 0.29) is 11.3 Å². The molecule has 2 heterocycles. The first-order valence-electron chi connectivity index (χ1n) is 7.47. The van der Waals surface area contributed by atoms with Gasteiger partial charge in [-0.2, -0.15) is 5.10 Å². The van der Waals surface area contributed by atoms with Crippen LogP contribution >= 0.6 is 0 Å². The van der Waals surface area contributed by atoms with E-state index in [9.17, 15) is 4.79 Å². The first-order chi connectivity index (χ1) is 9.66. The van der Waals surface area contributed by atoms with Gasteiger partial charge in [0, 0.05) is 16.8 Å². The van der Waals surface area contributed by atoms with Crippen LogP contribution in [0.3, 0.4) is 0 Å². The third-order valence-electron chi connectivity index (χ3n) is 4.78. The van der Waals surface area contributed by atoms with Gasteiger partial charge in [-0.3, -0.25) is 4.79 Å². The van der Waals surface area contributed by atoms with Crippen molar-refractivity contribution in [3.05, 3.63) is 28.6 Å². The zero-order valence-electron chi connectivity index (χ0n) is 11.8. The summed E-state index contributed by atoms with van der Waals surface area (Å²) in [7, 11) is 0. The van der Waals surface area contributed by atoms with Gasteiger partial charge in [0.2, 0.25) is 0 Å². The fourth-order valence-corrected chi connectivity index (χ4v) is 3.21. The number of aromatic amines is 1. The van der Waals surface area contributed by atoms with Crippen molar-refractivity contribution in [2.75, 3.05) is 0 Å². The third-order valence-corrected chi connectivity index (χ3v) is 4.78. The molecule has 4 nitrogen and oxygen atoms in total. The zero-order chi connectivity index (χ0) is 13.7. The molecule has 4 rings (SSSR count). The maximum atomic E-state index is 12.0. The van der Waals surface area contributed by atoms with Crippen molar-refractivity contribution in [1.29, 1.82) is 0 Å². The molecule has 1 aliphatic heterocycles. The molecule has 1 amide bonds. The lowest BCUT2D eigenvalue weighted by molar-refractivity contribution is -0.116. The van der Waals surface area contributed by atoms with Crippen LogP contribution in [0.2, 0.25) is 0 Å². The number of fused-ring (bicyclic) bond motifs is 1. The molecular weight excluding hydrogens is 250 g/mol. The molecule has 4 heteroatoms. The van der Waals surface area contributed by atoms with Gasteiger partial charge in [-0.05, 0) is 56.2 Å². The number of hydrogen-bond donors (Lipinski definition) is 2. The molecule has 1 fully saturated rings. The highest BCUT2D eigenvalue weighted by atomic mass is 16.2. The number of nitrogens with one attached hydrogen (secondary N) is 2. The predicted molar refractivity (Wildman–Crippen MR) is 78.3 cm³/mol. The number of H-pyrrole nitrogens is 1. The molecule has 1 aromatic rings. The zero-order valence-corrected chi connectivity index (χ0v) is 11.8. The molecule has 0 aromatic carbocycles. The smallest absolute Gasteiger partial charge is 0.273 e. The number of carbonyl (C=O) groups excluding carboxylic acids is 1. The maximum Gasteiger partial charge on any atom is 0.273 e. The van der Waals surface area contributed by atoms with Crippen LogP contribution in [-0.4, -0.2) is 16.6 Å². The second kappa shape index (κ2) is 4.08. The summed E-state index contributed by atoms with van der Waals surface area (Å²) < 4.78 is 0. The fraction of sp³-hybridized carbons (Fsp3) is 0.500. The summed E-state index contributed by atoms with van der Waals surface area (Å²) in [6.07, 6.45) is 9.03. The summed E-state index contributed by atoms with van der Waals surface area (Å²) in [4.78, 5) is 15.5. The summed E-state index contributed by atoms with van der Waals surface area (Å²) in [6.45, 7) is 2.18. The van der Waals surface area contributed by atoms with Crippen LogP contribution in [0.4, 0.5) is 0 Å². The predicted octanol–water partition coefficient (Wildman–Crippen LogP) is 2.56. The number of amides is 1. The van der Waals surface area contributed by atoms with Crippen molar-refractivity contribution >= 4 is 17.7 Å². The molecule has 0 radical (unpaired) electrons. The van der Waals surface area contributed by atoms with E-state index < -0.39 is 0 Å². The largest absolute Gasteiger partial charge is 0.359 e. The lowest BCUT2D eigenvalue weighted by Crippen LogP contribution is -2.17. The van der Waals surface area contributed by atoms with Gasteiger partial charge in [-0.15, -0.1) is 0 Å². The van der Waals surface area contributed by atoms with Crippen LogP contribution in [0.25, 0.3) is 6.08 Å². The normalized spacial score (nSPS) is 25.4. The van der Waals surface area contributed by atoms with Crippen molar-refractivity contribution in [3.8, 4) is 0 Å². The van der Waals surface area contributed by atoms with Gasteiger partial charge in [0.1, 0.15) is 0 Å². The minimum atomic E-state index is -0.0688. The minimum Gasteiger partial charge on any atom is -0.359 e. The summed E-state index contributed by atoms with van der Waals surface area (Å²) in [5.74, 6) is -0.0688. The number of aryl methyl sites for hydroxylation is 2. The number of nitrogens with zero attached hydrogens (tertiary/aromatic N) is 1. The minimum absolute atomic E-state index is 0.0688. The monoisotopic (exact) mass is 269 g/mol. The van der Waals surface area contributed by atoms with Gasteiger partial charge in [0.15, 0.2) is 0 Å². The summed E-state index contributed by atoms with van der Waals surface area (Å²) >= 11 is 0. The molecule has 1 saturated carbocycles. The lowest BCUT2D eigenvalue weighted by Gasteiger charge is -2.09. The SMILES string of the molecule is CC1(C2=NNC(=O)C2=Cc2cc3c([nH]2)CCCC3)CC1. The molecule has 0 atom stereocenters. The highest BCUT2D eigenvalue weighted by Crippen LogP contribution is 2.49. The number of hydrazone groups is 1. The second-order valence-electron chi connectivity index (χ2n) is 6.46. The summed E-state index contributed by atoms with van der Waals surface area (Å²) in [6, 6.07) is 2.19. The Bertz CT molecular complexity index is 623. The van der Waals surface area contributed by atoms with Crippen LogP contribution in [0.15, 0.2) is 16.7 Å². The number of rotatable bonds is 2. The van der Waals surface area contributed by atoms with E-state index in [2.05, 4.69) is 28.5 Å². The van der Waals surface area contributed by atoms with Gasteiger partial charge in [0.05, 0.1) is 11.3 Å². The Morgan fingerprint density at radius 1 is 1.30 bits per heavy atom. The van der Waals surface area contributed by atoms with Crippen LogP contribution in [0.5, 0.6) is 0 Å². The Balaban J connectivity index is 1.70. The van der Waals surface area contributed by atoms with Gasteiger partial charge in [-0.1, -0.05) is 6.92 Å². The Labute approximate surface area is 118 Å². The Hall–Kier alpha value is -1.84. The van der Waals surface area contributed by atoms with Gasteiger partial charge in [0.25, 0.3) is 5.91 Å². The highest BCUT2D eigenvalue weighted by Gasteiger charge is 2.47. The van der Waals surface area contributed by atoms with E-state index >= 15 is 0 Å². The summed E-state index contributed by atoms with van der Waals surface area (Å²) in [5.41, 5.74) is 8.20. The van der Waals surface area contributed by atoms with E-state index in [0.29, 0.717) is 0 Å². The van der Waals surface area contributed by atoms with Gasteiger partial charge >= 0.3 is 0 Å². The molecule has 2 N–H and O–H groups in total. The van der Waals surface area contributed by atoms with Crippen LogP contribution in [0, 0.1) is 5.41 Å². The van der Waals surface area contributed by atoms with Crippen LogP contribution in [0.1, 0.15) is 49.6 Å². The van der Waals surface area contributed by atoms with Crippen LogP contribution < -0.4 is 5.43 Å². The molecule has 0 bridgehead atoms. The van der Waals surface area contributed by atoms with Crippen LogP contribution in [-0.2, 0) is 17.6 Å². The molecule has 0 saturated heterocycles. The molecule has 3 aliphatic rings. The highest BCUT2D eigenvalue weighted by molar-refractivity contribution is 6.29. The first kappa shape index (κ1) is 11.9. The molecular formula is C16H19N3O. The molecule has 0 spiro atoms. The standard InChI is InChI=1S/C16H19N3O/c1-16(6-7-16)14-12(15(20)19-18-14)9-11-8-10-4-2-3-5-13(10)17-11/h8-9,17H,2-7H2,1H3,(H,19,20). The molecule has 104 valence electrons. The van der Waals surface area contributed by atoms with Crippen molar-refractivity contribution in [1.82, 2.24) is 10.4 Å². The van der Waals surface area contributed by atoms with E-state index in [1.54, 1.807) is 0 Å². The Morgan fingerprint density at radius 2 is 2.10 bits per heavy atom. The molecule has 0 unspecified atom stereocenters. The van der Waals surface area contributed by atoms with E-state index in [4.69, 9.17) is 0 Å². The Kier molecular flexibility index (Phi) is 2.43. The van der Waals surface area contributed by atoms with Crippen molar-refractivity contribution in [3.63, 3.8) is 0 Å². The fourth-order valence-electron chi connectivity index (χ4n) is 3.21. The van der Waals surface area contributed by atoms with Gasteiger partial charge < -0.3 is 4.98 Å². The number of hydrogen-bond acceptors (Lipinski definition) is 2. The first-order valence-corrected chi connectivity index (χ1v) is 7.47. The molecule has 2 aliphatic carbocycles. The van der Waals surface area contributed by atoms with Crippen molar-refractivity contribution in [2.24, 2.45) is 10.5 Å². The van der Waals surface area contributed by atoms with E-state index in [0.717, 1.165) is 42.7 Å². The lowest BCUT2D eigenvalue weighted by atomic mass is 9.95. The van der Waals surface area contributed by atoms with Gasteiger partial charge in [-0.25, -0.2) is 5.43 Å². The number of carbonyl (C=O) groups is 1. The number of aromatic nitrogens is 1. The maximum absolute atomic E-state index is 12.0. The second-order valence-corrected chi connectivity index (χ2v) is 6.46. The van der Waals surface area contributed by atoms with Crippen molar-refractivity contribution < 1.29 is 4.79 Å². The average Bonchev–Trinajstić information content (AvgIpc) is 2.90. The average molecular weight is 269 g/mol. The summed E-state index contributed by atoms with van der Waals surface area (Å²) in [5, 5.41) is 4.24. The molecule has 20 heavy (non-hydrogen) atoms. The molecule has 1 aromatic heterocycles.